The minimum atomic E-state index is -0.440. The summed E-state index contributed by atoms with van der Waals surface area (Å²) in [4.78, 5) is 9.36. The van der Waals surface area contributed by atoms with E-state index in [0.29, 0.717) is 5.69 Å². The topological polar surface area (TPSA) is 39.2 Å². The van der Waals surface area contributed by atoms with Crippen molar-refractivity contribution in [3.63, 3.8) is 0 Å². The van der Waals surface area contributed by atoms with E-state index in [0.717, 1.165) is 130 Å². The molecule has 0 atom stereocenters. The first-order valence-electron chi connectivity index (χ1n) is 48.1. The normalized spacial score (nSPS) is 14.2. The van der Waals surface area contributed by atoms with Gasteiger partial charge >= 0.3 is 0 Å². The zero-order chi connectivity index (χ0) is 93.7. The molecule has 0 radical (unpaired) electrons. The molecular weight excluding hydrogens is 1680 g/mol. The monoisotopic (exact) mass is 1780 g/mol. The average Bonchev–Trinajstić information content (AvgIpc) is 1.52. The van der Waals surface area contributed by atoms with Crippen LogP contribution in [-0.2, 0) is 27.1 Å². The Morgan fingerprint density at radius 3 is 0.746 bits per heavy atom. The van der Waals surface area contributed by atoms with Crippen LogP contribution in [0.3, 0.4) is 0 Å². The van der Waals surface area contributed by atoms with Gasteiger partial charge in [0.15, 0.2) is 0 Å². The van der Waals surface area contributed by atoms with Crippen molar-refractivity contribution in [2.75, 3.05) is 19.6 Å². The predicted octanol–water partition coefficient (Wildman–Crippen LogP) is 36.4. The summed E-state index contributed by atoms with van der Waals surface area (Å²) in [7, 11) is 0. The van der Waals surface area contributed by atoms with Gasteiger partial charge in [0, 0.05) is 139 Å². The second-order valence-corrected chi connectivity index (χ2v) is 39.9. The van der Waals surface area contributed by atoms with E-state index in [2.05, 4.69) is 459 Å². The van der Waals surface area contributed by atoms with Gasteiger partial charge in [-0.05, 0) is 230 Å². The molecule has 7 heteroatoms. The van der Waals surface area contributed by atoms with Crippen molar-refractivity contribution in [1.29, 1.82) is 0 Å². The summed E-state index contributed by atoms with van der Waals surface area (Å²) >= 11 is 0. The molecule has 0 spiro atoms. The summed E-state index contributed by atoms with van der Waals surface area (Å²) in [6.45, 7) is 23.6. The van der Waals surface area contributed by atoms with E-state index in [1.165, 1.54) is 100 Å². The quantitative estimate of drug-likeness (QED) is 0.0905. The highest BCUT2D eigenvalue weighted by atomic mass is 19.1. The fourth-order valence-electron chi connectivity index (χ4n) is 23.4. The minimum Gasteiger partial charge on any atom is -0.455 e. The van der Waals surface area contributed by atoms with E-state index in [1.807, 2.05) is 66.7 Å². The Morgan fingerprint density at radius 1 is 0.174 bits per heavy atom. The molecule has 5 aliphatic rings. The summed E-state index contributed by atoms with van der Waals surface area (Å²) < 4.78 is 31.8. The highest BCUT2D eigenvalue weighted by Gasteiger charge is 2.53. The Kier molecular flexibility index (Phi) is 20.1. The molecule has 138 heavy (non-hydrogen) atoms. The minimum absolute atomic E-state index is 0.140. The molecule has 25 rings (SSSR count). The van der Waals surface area contributed by atoms with Crippen LogP contribution in [0.4, 0.5) is 72.6 Å². The lowest BCUT2D eigenvalue weighted by Gasteiger charge is -2.32. The second kappa shape index (κ2) is 32.8. The van der Waals surface area contributed by atoms with E-state index < -0.39 is 5.41 Å². The van der Waals surface area contributed by atoms with Gasteiger partial charge in [-0.1, -0.05) is 360 Å². The van der Waals surface area contributed by atoms with Crippen LogP contribution in [0.5, 0.6) is 0 Å². The lowest BCUT2D eigenvalue weighted by molar-refractivity contribution is 0.592. The van der Waals surface area contributed by atoms with Crippen molar-refractivity contribution in [3.8, 4) is 112 Å². The fraction of sp³-hybridized carbons (Fsp3) is 0.115. The molecule has 0 fully saturated rings. The number of fused-ring (bicyclic) bond motifs is 17. The number of halogens is 1. The maximum absolute atomic E-state index is 17.4. The van der Waals surface area contributed by atoms with Crippen molar-refractivity contribution in [2.24, 2.45) is 0 Å². The van der Waals surface area contributed by atoms with Crippen LogP contribution in [0.2, 0.25) is 0 Å². The molecule has 666 valence electrons. The van der Waals surface area contributed by atoms with Crippen LogP contribution in [0, 0.1) is 5.82 Å². The van der Waals surface area contributed by atoms with Crippen molar-refractivity contribution in [1.82, 2.24) is 0 Å². The smallest absolute Gasteiger partial charge is 0.148 e. The Labute approximate surface area is 808 Å². The lowest BCUT2D eigenvalue weighted by atomic mass is 9.74. The van der Waals surface area contributed by atoms with Crippen molar-refractivity contribution < 1.29 is 13.2 Å². The van der Waals surface area contributed by atoms with E-state index >= 15 is 4.39 Å². The molecule has 0 amide bonds. The van der Waals surface area contributed by atoms with Gasteiger partial charge in [-0.3, -0.25) is 0 Å². The molecule has 0 saturated heterocycles. The first-order valence-corrected chi connectivity index (χ1v) is 48.1. The van der Waals surface area contributed by atoms with Crippen LogP contribution in [0.15, 0.2) is 452 Å². The van der Waals surface area contributed by atoms with Crippen LogP contribution in [-0.4, -0.2) is 0 Å². The third kappa shape index (κ3) is 13.5. The van der Waals surface area contributed by atoms with Gasteiger partial charge in [0.05, 0.1) is 22.7 Å². The zero-order valence-corrected chi connectivity index (χ0v) is 79.1. The Morgan fingerprint density at radius 2 is 0.413 bits per heavy atom. The lowest BCUT2D eigenvalue weighted by Crippen LogP contribution is -2.23. The summed E-state index contributed by atoms with van der Waals surface area (Å²) in [6.07, 6.45) is 0. The van der Waals surface area contributed by atoms with Crippen LogP contribution < -0.4 is 19.6 Å². The maximum Gasteiger partial charge on any atom is 0.148 e. The summed E-state index contributed by atoms with van der Waals surface area (Å²) in [6, 6.07) is 157. The molecule has 2 aromatic heterocycles. The average molecular weight is 1780 g/mol. The van der Waals surface area contributed by atoms with E-state index in [-0.39, 0.29) is 27.5 Å². The molecule has 6 nitrogen and oxygen atoms in total. The highest BCUT2D eigenvalue weighted by molar-refractivity contribution is 6.00. The maximum atomic E-state index is 17.4. The number of hydrogen-bond donors (Lipinski definition) is 0. The SMILES string of the molecule is CC1(C)c2cc(N(c3ccccc3)c3ccccc3-c3ccccc3)ccc2-c2oc3c(c21)C(C)(C)c1cc(N(c2ccccc2)c2c(F)cc(-c4ccccc4)cc2-c2ccccc2)ccc1-3.CC1(C)c2ccccc2-c2ccc(N(c3ccc4c(c3)C(C)(C)c3c-4oc4c3C(C)(C)c3cc(N(c5ccccc5)c5ccccc5-c5ccccc5)ccc3-4)c3ccccc3-c3ccccc3)cc21. The molecular formula is C131H103FN4O2. The summed E-state index contributed by atoms with van der Waals surface area (Å²) in [5.41, 5.74) is 41.1. The van der Waals surface area contributed by atoms with E-state index in [4.69, 9.17) is 8.83 Å². The largest absolute Gasteiger partial charge is 0.455 e. The number of hydrogen-bond acceptors (Lipinski definition) is 6. The Bertz CT molecular complexity index is 8160. The summed E-state index contributed by atoms with van der Waals surface area (Å²) in [5.74, 6) is 3.55. The van der Waals surface area contributed by atoms with Crippen molar-refractivity contribution in [3.05, 3.63) is 504 Å². The fourth-order valence-corrected chi connectivity index (χ4v) is 23.4. The van der Waals surface area contributed by atoms with Crippen LogP contribution >= 0.6 is 0 Å². The number of rotatable bonds is 17. The van der Waals surface area contributed by atoms with E-state index in [1.54, 1.807) is 6.07 Å². The van der Waals surface area contributed by atoms with Gasteiger partial charge < -0.3 is 28.4 Å². The Hall–Kier alpha value is -16.4. The van der Waals surface area contributed by atoms with Crippen molar-refractivity contribution >= 4 is 68.2 Å². The molecule has 0 N–H and O–H groups in total. The molecule has 18 aromatic carbocycles. The van der Waals surface area contributed by atoms with Crippen molar-refractivity contribution in [2.45, 2.75) is 96.3 Å². The number of para-hydroxylation sites is 6. The zero-order valence-electron chi connectivity index (χ0n) is 79.1. The molecule has 0 saturated carbocycles. The van der Waals surface area contributed by atoms with Gasteiger partial charge in [0.1, 0.15) is 28.9 Å². The molecule has 0 unspecified atom stereocenters. The van der Waals surface area contributed by atoms with Crippen LogP contribution in [0.25, 0.3) is 112 Å². The number of furan rings is 2. The third-order valence-corrected chi connectivity index (χ3v) is 30.1. The number of anilines is 12. The third-order valence-electron chi connectivity index (χ3n) is 30.1. The predicted molar refractivity (Wildman–Crippen MR) is 571 cm³/mol. The van der Waals surface area contributed by atoms with Gasteiger partial charge in [-0.25, -0.2) is 4.39 Å². The summed E-state index contributed by atoms with van der Waals surface area (Å²) in [5, 5.41) is 0. The molecule has 0 aliphatic heterocycles. The van der Waals surface area contributed by atoms with Gasteiger partial charge in [0.2, 0.25) is 0 Å². The first kappa shape index (κ1) is 84.6. The first-order chi connectivity index (χ1) is 67.2. The molecule has 5 aliphatic carbocycles. The molecule has 2 heterocycles. The Balaban J connectivity index is 0.000000150. The second-order valence-electron chi connectivity index (χ2n) is 39.9. The van der Waals surface area contributed by atoms with Gasteiger partial charge in [-0.15, -0.1) is 0 Å². The highest BCUT2D eigenvalue weighted by Crippen LogP contribution is 2.66. The van der Waals surface area contributed by atoms with Gasteiger partial charge in [0.25, 0.3) is 0 Å². The number of benzene rings is 18. The van der Waals surface area contributed by atoms with Gasteiger partial charge in [-0.2, -0.15) is 0 Å². The standard InChI is InChI=1S/C67H54N2O.C64H49FN2O/c1-65(2)55-31-19-16-30-51(55)52-37-34-47(40-56(52)65)69(60-33-21-18-29-50(60)44-24-12-8-13-25-44)48-36-39-54-58(42-48)67(5,6)62-61-63(70-64(54)62)53-38-35-46(41-57(53)66(61,3)4)68(45-26-14-9-15-27-45)59-32-20-17-28-49(59)43-22-10-7-11-23-43;1-63(2)54-40-48(66(46-28-16-8-17-29-46)57-33-21-20-32-50(57)43-24-12-6-13-25-43)34-36-51(54)61-58(63)59-62(68-61)52-37-35-49(41-55(52)64(59,3)4)67(47-30-18-9-19-31-47)60-53(44-26-14-7-15-27-44)38-45(39-56(60)65)42-22-10-5-11-23-42/h7-42H,1-6H3;5-41H,1-4H3. The van der Waals surface area contributed by atoms with Crippen LogP contribution in [0.1, 0.15) is 125 Å². The molecule has 20 aromatic rings. The number of nitrogens with zero attached hydrogens (tertiary/aromatic N) is 4. The van der Waals surface area contributed by atoms with E-state index in [9.17, 15) is 0 Å². The molecule has 0 bridgehead atoms.